The quantitative estimate of drug-likeness (QED) is 0.864. The van der Waals surface area contributed by atoms with E-state index in [1.165, 1.54) is 16.7 Å². The van der Waals surface area contributed by atoms with E-state index in [-0.39, 0.29) is 11.4 Å². The Morgan fingerprint density at radius 2 is 2.00 bits per heavy atom. The summed E-state index contributed by atoms with van der Waals surface area (Å²) in [6, 6.07) is 6.18. The van der Waals surface area contributed by atoms with Gasteiger partial charge in [0.1, 0.15) is 5.82 Å². The molecule has 1 heterocycles. The average molecular weight is 310 g/mol. The number of aromatic nitrogens is 2. The van der Waals surface area contributed by atoms with Crippen molar-refractivity contribution in [3.05, 3.63) is 57.3 Å². The number of alkyl halides is 1. The molecule has 0 aliphatic carbocycles. The van der Waals surface area contributed by atoms with Gasteiger partial charge in [0.25, 0.3) is 5.56 Å². The van der Waals surface area contributed by atoms with Gasteiger partial charge in [0, 0.05) is 30.7 Å². The van der Waals surface area contributed by atoms with Gasteiger partial charge in [-0.3, -0.25) is 9.36 Å². The third-order valence-corrected chi connectivity index (χ3v) is 3.49. The first-order valence-corrected chi connectivity index (χ1v) is 7.17. The number of anilines is 1. The fourth-order valence-electron chi connectivity index (χ4n) is 2.08. The highest BCUT2D eigenvalue weighted by atomic mass is 35.5. The van der Waals surface area contributed by atoms with Crippen LogP contribution in [0.3, 0.4) is 0 Å². The number of nitrogens with one attached hydrogen (secondary N) is 1. The lowest BCUT2D eigenvalue weighted by Gasteiger charge is -2.13. The van der Waals surface area contributed by atoms with Crippen LogP contribution in [0.4, 0.5) is 10.3 Å². The summed E-state index contributed by atoms with van der Waals surface area (Å²) in [7, 11) is 1.67. The molecule has 0 radical (unpaired) electrons. The molecular weight excluding hydrogens is 293 g/mol. The van der Waals surface area contributed by atoms with Gasteiger partial charge in [0.05, 0.1) is 0 Å². The number of hydrogen-bond acceptors (Lipinski definition) is 3. The monoisotopic (exact) mass is 309 g/mol. The number of aryl methyl sites for hydroxylation is 1. The summed E-state index contributed by atoms with van der Waals surface area (Å²) < 4.78 is 14.3. The average Bonchev–Trinajstić information content (AvgIpc) is 2.47. The molecule has 0 atom stereocenters. The predicted octanol–water partition coefficient (Wildman–Crippen LogP) is 2.62. The Kier molecular flexibility index (Phi) is 4.96. The van der Waals surface area contributed by atoms with E-state index in [2.05, 4.69) is 10.3 Å². The summed E-state index contributed by atoms with van der Waals surface area (Å²) in [5.74, 6) is 0.603. The first-order valence-electron chi connectivity index (χ1n) is 6.63. The van der Waals surface area contributed by atoms with Crippen LogP contribution >= 0.6 is 11.6 Å². The van der Waals surface area contributed by atoms with Crippen LogP contribution in [0.25, 0.3) is 0 Å². The summed E-state index contributed by atoms with van der Waals surface area (Å²) in [6.07, 6.45) is 0.505. The van der Waals surface area contributed by atoms with Gasteiger partial charge < -0.3 is 5.32 Å². The fraction of sp³-hybridized carbons (Fsp3) is 0.333. The molecule has 0 saturated carbocycles. The Hall–Kier alpha value is -1.88. The summed E-state index contributed by atoms with van der Waals surface area (Å²) in [4.78, 5) is 16.6. The normalized spacial score (nSPS) is 10.7. The van der Waals surface area contributed by atoms with E-state index in [0.29, 0.717) is 36.1 Å². The Morgan fingerprint density at radius 3 is 2.62 bits per heavy atom. The zero-order valence-corrected chi connectivity index (χ0v) is 12.7. The molecule has 2 rings (SSSR count). The van der Waals surface area contributed by atoms with Gasteiger partial charge in [0.15, 0.2) is 0 Å². The molecule has 112 valence electrons. The van der Waals surface area contributed by atoms with Crippen LogP contribution in [-0.2, 0) is 20.0 Å². The second-order valence-corrected chi connectivity index (χ2v) is 5.16. The molecule has 0 aliphatic rings. The first-order chi connectivity index (χ1) is 10.0. The van der Waals surface area contributed by atoms with Crippen molar-refractivity contribution in [2.45, 2.75) is 19.9 Å². The van der Waals surface area contributed by atoms with Crippen LogP contribution in [-0.4, -0.2) is 15.4 Å². The van der Waals surface area contributed by atoms with E-state index in [0.717, 1.165) is 5.56 Å². The molecule has 0 saturated heterocycles. The third-order valence-electron chi connectivity index (χ3n) is 3.30. The zero-order valence-electron chi connectivity index (χ0n) is 12.0. The lowest BCUT2D eigenvalue weighted by molar-refractivity contribution is 0.627. The number of benzene rings is 1. The molecule has 21 heavy (non-hydrogen) atoms. The first kappa shape index (κ1) is 15.5. The van der Waals surface area contributed by atoms with Crippen molar-refractivity contribution in [3.8, 4) is 0 Å². The largest absolute Gasteiger partial charge is 0.351 e. The molecule has 1 aromatic heterocycles. The van der Waals surface area contributed by atoms with Gasteiger partial charge in [0.2, 0.25) is 5.95 Å². The van der Waals surface area contributed by atoms with E-state index in [1.807, 2.05) is 0 Å². The van der Waals surface area contributed by atoms with Crippen LogP contribution in [0.15, 0.2) is 29.1 Å². The van der Waals surface area contributed by atoms with Crippen molar-refractivity contribution in [2.24, 2.45) is 7.05 Å². The molecule has 0 fully saturated rings. The Balaban J connectivity index is 2.21. The summed E-state index contributed by atoms with van der Waals surface area (Å²) >= 11 is 5.70. The second kappa shape index (κ2) is 6.72. The van der Waals surface area contributed by atoms with E-state index < -0.39 is 0 Å². The van der Waals surface area contributed by atoms with Gasteiger partial charge >= 0.3 is 0 Å². The minimum Gasteiger partial charge on any atom is -0.351 e. The molecule has 1 N–H and O–H groups in total. The maximum Gasteiger partial charge on any atom is 0.258 e. The van der Waals surface area contributed by atoms with Crippen molar-refractivity contribution in [3.63, 3.8) is 0 Å². The molecule has 0 aliphatic heterocycles. The van der Waals surface area contributed by atoms with Gasteiger partial charge in [-0.1, -0.05) is 12.1 Å². The highest BCUT2D eigenvalue weighted by molar-refractivity contribution is 6.17. The van der Waals surface area contributed by atoms with E-state index in [1.54, 1.807) is 26.1 Å². The van der Waals surface area contributed by atoms with Gasteiger partial charge in [-0.15, -0.1) is 11.6 Å². The maximum absolute atomic E-state index is 12.8. The van der Waals surface area contributed by atoms with Gasteiger partial charge in [-0.2, -0.15) is 0 Å². The number of halogens is 2. The van der Waals surface area contributed by atoms with Gasteiger partial charge in [-0.25, -0.2) is 9.37 Å². The molecule has 0 amide bonds. The van der Waals surface area contributed by atoms with Crippen molar-refractivity contribution >= 4 is 17.5 Å². The molecule has 1 aromatic carbocycles. The van der Waals surface area contributed by atoms with Gasteiger partial charge in [-0.05, 0) is 31.0 Å². The predicted molar refractivity (Wildman–Crippen MR) is 82.4 cm³/mol. The standard InChI is InChI=1S/C15H17ClFN3O/c1-10-13(7-8-16)14(21)20(2)15(19-10)18-9-11-3-5-12(17)6-4-11/h3-6H,7-9H2,1-2H3,(H,18,19). The molecule has 0 bridgehead atoms. The van der Waals surface area contributed by atoms with Crippen molar-refractivity contribution in [1.82, 2.24) is 9.55 Å². The number of rotatable bonds is 5. The van der Waals surface area contributed by atoms with Crippen LogP contribution < -0.4 is 10.9 Å². The fourth-order valence-corrected chi connectivity index (χ4v) is 2.27. The minimum atomic E-state index is -0.273. The van der Waals surface area contributed by atoms with E-state index in [4.69, 9.17) is 11.6 Å². The number of nitrogens with zero attached hydrogens (tertiary/aromatic N) is 2. The summed E-state index contributed by atoms with van der Waals surface area (Å²) in [5.41, 5.74) is 2.14. The molecule has 4 nitrogen and oxygen atoms in total. The van der Waals surface area contributed by atoms with Crippen LogP contribution in [0.5, 0.6) is 0 Å². The molecule has 6 heteroatoms. The van der Waals surface area contributed by atoms with Crippen LogP contribution in [0.2, 0.25) is 0 Å². The molecule has 2 aromatic rings. The zero-order chi connectivity index (χ0) is 15.4. The van der Waals surface area contributed by atoms with Crippen LogP contribution in [0, 0.1) is 12.7 Å². The smallest absolute Gasteiger partial charge is 0.258 e. The van der Waals surface area contributed by atoms with E-state index >= 15 is 0 Å². The summed E-state index contributed by atoms with van der Waals surface area (Å²) in [6.45, 7) is 2.27. The Bertz CT molecular complexity index is 683. The molecule has 0 unspecified atom stereocenters. The van der Waals surface area contributed by atoms with Crippen molar-refractivity contribution in [2.75, 3.05) is 11.2 Å². The van der Waals surface area contributed by atoms with Crippen LogP contribution in [0.1, 0.15) is 16.8 Å². The minimum absolute atomic E-state index is 0.0928. The lowest BCUT2D eigenvalue weighted by Crippen LogP contribution is -2.27. The Labute approximate surface area is 127 Å². The molecule has 0 spiro atoms. The Morgan fingerprint density at radius 1 is 1.33 bits per heavy atom. The number of hydrogen-bond donors (Lipinski definition) is 1. The highest BCUT2D eigenvalue weighted by Crippen LogP contribution is 2.09. The maximum atomic E-state index is 12.8. The topological polar surface area (TPSA) is 46.9 Å². The lowest BCUT2D eigenvalue weighted by atomic mass is 10.2. The van der Waals surface area contributed by atoms with Crippen molar-refractivity contribution in [1.29, 1.82) is 0 Å². The third kappa shape index (κ3) is 3.61. The highest BCUT2D eigenvalue weighted by Gasteiger charge is 2.11. The second-order valence-electron chi connectivity index (χ2n) is 4.78. The summed E-state index contributed by atoms with van der Waals surface area (Å²) in [5, 5.41) is 3.10. The molecular formula is C15H17ClFN3O. The van der Waals surface area contributed by atoms with E-state index in [9.17, 15) is 9.18 Å². The van der Waals surface area contributed by atoms with Crippen molar-refractivity contribution < 1.29 is 4.39 Å². The SMILES string of the molecule is Cc1nc(NCc2ccc(F)cc2)n(C)c(=O)c1CCCl.